The van der Waals surface area contributed by atoms with Gasteiger partial charge in [0.25, 0.3) is 0 Å². The maximum atomic E-state index is 11.8. The summed E-state index contributed by atoms with van der Waals surface area (Å²) >= 11 is 0. The van der Waals surface area contributed by atoms with Gasteiger partial charge in [-0.2, -0.15) is 0 Å². The van der Waals surface area contributed by atoms with Crippen LogP contribution in [0.3, 0.4) is 0 Å². The first kappa shape index (κ1) is 18.4. The van der Waals surface area contributed by atoms with Crippen molar-refractivity contribution in [1.82, 2.24) is 10.6 Å². The number of rotatable bonds is 6. The van der Waals surface area contributed by atoms with Crippen molar-refractivity contribution in [2.45, 2.75) is 20.3 Å². The van der Waals surface area contributed by atoms with Crippen LogP contribution in [0.4, 0.5) is 5.69 Å². The molecule has 3 N–H and O–H groups in total. The molecular formula is C14H22ClN3O2. The fourth-order valence-electron chi connectivity index (χ4n) is 1.70. The average Bonchev–Trinajstić information content (AvgIpc) is 2.38. The third kappa shape index (κ3) is 6.04. The van der Waals surface area contributed by atoms with Crippen LogP contribution < -0.4 is 16.0 Å². The number of halogens is 1. The van der Waals surface area contributed by atoms with Crippen LogP contribution in [0.5, 0.6) is 0 Å². The van der Waals surface area contributed by atoms with Crippen LogP contribution in [0.1, 0.15) is 17.5 Å². The summed E-state index contributed by atoms with van der Waals surface area (Å²) in [5, 5.41) is 8.29. The van der Waals surface area contributed by atoms with Gasteiger partial charge in [-0.3, -0.25) is 9.59 Å². The van der Waals surface area contributed by atoms with Crippen LogP contribution in [0.25, 0.3) is 0 Å². The zero-order valence-corrected chi connectivity index (χ0v) is 12.9. The van der Waals surface area contributed by atoms with Gasteiger partial charge in [-0.1, -0.05) is 18.2 Å². The lowest BCUT2D eigenvalue weighted by Gasteiger charge is -2.11. The maximum absolute atomic E-state index is 11.8. The largest absolute Gasteiger partial charge is 0.347 e. The molecule has 0 bridgehead atoms. The van der Waals surface area contributed by atoms with Crippen molar-refractivity contribution < 1.29 is 9.59 Å². The van der Waals surface area contributed by atoms with Crippen LogP contribution in [-0.4, -0.2) is 32.0 Å². The lowest BCUT2D eigenvalue weighted by atomic mass is 10.1. The van der Waals surface area contributed by atoms with Gasteiger partial charge in [-0.15, -0.1) is 12.4 Å². The molecule has 0 saturated heterocycles. The molecule has 5 nitrogen and oxygen atoms in total. The first-order valence-corrected chi connectivity index (χ1v) is 6.32. The van der Waals surface area contributed by atoms with Gasteiger partial charge in [0.05, 0.1) is 6.54 Å². The number of hydrogen-bond donors (Lipinski definition) is 3. The summed E-state index contributed by atoms with van der Waals surface area (Å²) in [6.07, 6.45) is 0.368. The second-order valence-electron chi connectivity index (χ2n) is 4.45. The molecule has 0 aliphatic carbocycles. The number of hydrogen-bond acceptors (Lipinski definition) is 3. The molecule has 0 unspecified atom stereocenters. The van der Waals surface area contributed by atoms with Gasteiger partial charge in [0.2, 0.25) is 11.8 Å². The highest BCUT2D eigenvalue weighted by atomic mass is 35.5. The fourth-order valence-corrected chi connectivity index (χ4v) is 1.70. The van der Waals surface area contributed by atoms with Gasteiger partial charge in [-0.05, 0) is 32.0 Å². The fraction of sp³-hybridized carbons (Fsp3) is 0.429. The SMILES string of the molecule is CNCCC(=O)NCC(=O)Nc1c(C)cccc1C.Cl. The predicted octanol–water partition coefficient (Wildman–Crippen LogP) is 1.39. The van der Waals surface area contributed by atoms with E-state index < -0.39 is 0 Å². The van der Waals surface area contributed by atoms with E-state index in [4.69, 9.17) is 0 Å². The minimum Gasteiger partial charge on any atom is -0.347 e. The van der Waals surface area contributed by atoms with E-state index in [0.717, 1.165) is 16.8 Å². The molecular weight excluding hydrogens is 278 g/mol. The van der Waals surface area contributed by atoms with Crippen molar-refractivity contribution >= 4 is 29.9 Å². The van der Waals surface area contributed by atoms with Crippen LogP contribution in [0.15, 0.2) is 18.2 Å². The summed E-state index contributed by atoms with van der Waals surface area (Å²) in [4.78, 5) is 23.1. The van der Waals surface area contributed by atoms with Gasteiger partial charge in [0, 0.05) is 18.7 Å². The number of carbonyl (C=O) groups excluding carboxylic acids is 2. The number of carbonyl (C=O) groups is 2. The molecule has 20 heavy (non-hydrogen) atoms. The quantitative estimate of drug-likeness (QED) is 0.743. The first-order valence-electron chi connectivity index (χ1n) is 6.32. The Morgan fingerprint density at radius 3 is 2.25 bits per heavy atom. The summed E-state index contributed by atoms with van der Waals surface area (Å²) in [5.74, 6) is -0.346. The van der Waals surface area contributed by atoms with Crippen molar-refractivity contribution in [3.63, 3.8) is 0 Å². The van der Waals surface area contributed by atoms with Crippen molar-refractivity contribution in [3.8, 4) is 0 Å². The number of para-hydroxylation sites is 1. The smallest absolute Gasteiger partial charge is 0.243 e. The molecule has 6 heteroatoms. The first-order chi connectivity index (χ1) is 9.04. The van der Waals surface area contributed by atoms with E-state index in [9.17, 15) is 9.59 Å². The van der Waals surface area contributed by atoms with E-state index in [1.807, 2.05) is 32.0 Å². The zero-order chi connectivity index (χ0) is 14.3. The van der Waals surface area contributed by atoms with E-state index in [-0.39, 0.29) is 30.8 Å². The van der Waals surface area contributed by atoms with Crippen LogP contribution >= 0.6 is 12.4 Å². The standard InChI is InChI=1S/C14H21N3O2.ClH/c1-10-5-4-6-11(2)14(10)17-13(19)9-16-12(18)7-8-15-3;/h4-6,15H,7-9H2,1-3H3,(H,16,18)(H,17,19);1H. The van der Waals surface area contributed by atoms with Gasteiger partial charge in [-0.25, -0.2) is 0 Å². The highest BCUT2D eigenvalue weighted by Gasteiger charge is 2.08. The van der Waals surface area contributed by atoms with E-state index >= 15 is 0 Å². The van der Waals surface area contributed by atoms with Crippen molar-refractivity contribution in [2.24, 2.45) is 0 Å². The Kier molecular flexibility index (Phi) is 8.59. The van der Waals surface area contributed by atoms with Crippen LogP contribution in [-0.2, 0) is 9.59 Å². The maximum Gasteiger partial charge on any atom is 0.243 e. The predicted molar refractivity (Wildman–Crippen MR) is 83.3 cm³/mol. The summed E-state index contributed by atoms with van der Waals surface area (Å²) in [7, 11) is 1.78. The second kappa shape index (κ2) is 9.34. The molecule has 1 rings (SSSR count). The summed E-state index contributed by atoms with van der Waals surface area (Å²) in [5.41, 5.74) is 2.83. The Balaban J connectivity index is 0.00000361. The zero-order valence-electron chi connectivity index (χ0n) is 12.1. The molecule has 0 aromatic heterocycles. The molecule has 0 aliphatic heterocycles. The molecule has 0 saturated carbocycles. The van der Waals surface area contributed by atoms with Crippen molar-refractivity contribution in [3.05, 3.63) is 29.3 Å². The highest BCUT2D eigenvalue weighted by molar-refractivity contribution is 5.95. The second-order valence-corrected chi connectivity index (χ2v) is 4.45. The van der Waals surface area contributed by atoms with Gasteiger partial charge < -0.3 is 16.0 Å². The number of amides is 2. The minimum atomic E-state index is -0.213. The lowest BCUT2D eigenvalue weighted by Crippen LogP contribution is -2.34. The van der Waals surface area contributed by atoms with Crippen LogP contribution in [0.2, 0.25) is 0 Å². The van der Waals surface area contributed by atoms with Crippen molar-refractivity contribution in [1.29, 1.82) is 0 Å². The van der Waals surface area contributed by atoms with Gasteiger partial charge in [0.1, 0.15) is 0 Å². The number of nitrogens with one attached hydrogen (secondary N) is 3. The number of benzene rings is 1. The molecule has 0 fully saturated rings. The van der Waals surface area contributed by atoms with Gasteiger partial charge in [0.15, 0.2) is 0 Å². The topological polar surface area (TPSA) is 70.2 Å². The number of aryl methyl sites for hydroxylation is 2. The summed E-state index contributed by atoms with van der Waals surface area (Å²) in [6.45, 7) is 4.48. The molecule has 0 heterocycles. The minimum absolute atomic E-state index is 0. The average molecular weight is 300 g/mol. The molecule has 0 spiro atoms. The van der Waals surface area contributed by atoms with Crippen LogP contribution in [0, 0.1) is 13.8 Å². The molecule has 1 aromatic rings. The molecule has 0 aliphatic rings. The normalized spacial score (nSPS) is 9.55. The Hall–Kier alpha value is -1.59. The van der Waals surface area contributed by atoms with E-state index in [0.29, 0.717) is 13.0 Å². The molecule has 1 aromatic carbocycles. The van der Waals surface area contributed by atoms with Gasteiger partial charge >= 0.3 is 0 Å². The molecule has 112 valence electrons. The Morgan fingerprint density at radius 2 is 1.70 bits per heavy atom. The number of anilines is 1. The Labute approximate surface area is 125 Å². The lowest BCUT2D eigenvalue weighted by molar-refractivity contribution is -0.124. The third-order valence-electron chi connectivity index (χ3n) is 2.79. The van der Waals surface area contributed by atoms with Crippen molar-refractivity contribution in [2.75, 3.05) is 25.5 Å². The summed E-state index contributed by atoms with van der Waals surface area (Å²) in [6, 6.07) is 5.82. The Bertz CT molecular complexity index is 443. The third-order valence-corrected chi connectivity index (χ3v) is 2.79. The van der Waals surface area contributed by atoms with E-state index in [1.54, 1.807) is 7.05 Å². The Morgan fingerprint density at radius 1 is 1.10 bits per heavy atom. The molecule has 0 atom stereocenters. The monoisotopic (exact) mass is 299 g/mol. The molecule has 2 amide bonds. The van der Waals surface area contributed by atoms with E-state index in [2.05, 4.69) is 16.0 Å². The highest BCUT2D eigenvalue weighted by Crippen LogP contribution is 2.18. The van der Waals surface area contributed by atoms with E-state index in [1.165, 1.54) is 0 Å². The molecule has 0 radical (unpaired) electrons. The summed E-state index contributed by atoms with van der Waals surface area (Å²) < 4.78 is 0.